The minimum atomic E-state index is -0.135. The molecule has 1 amide bonds. The maximum atomic E-state index is 12.1. The van der Waals surface area contributed by atoms with Gasteiger partial charge in [-0.15, -0.1) is 11.3 Å². The van der Waals surface area contributed by atoms with Crippen molar-refractivity contribution < 1.29 is 9.59 Å². The highest BCUT2D eigenvalue weighted by Gasteiger charge is 2.14. The van der Waals surface area contributed by atoms with E-state index in [4.69, 9.17) is 0 Å². The number of Topliss-reactive ketones (excluding diaryl/α,β-unsaturated/α-hetero) is 1. The van der Waals surface area contributed by atoms with Crippen molar-refractivity contribution in [1.29, 1.82) is 0 Å². The van der Waals surface area contributed by atoms with E-state index in [9.17, 15) is 9.59 Å². The first-order valence-corrected chi connectivity index (χ1v) is 7.64. The fourth-order valence-corrected chi connectivity index (χ4v) is 2.97. The number of nitrogens with one attached hydrogen (secondary N) is 1. The van der Waals surface area contributed by atoms with E-state index in [-0.39, 0.29) is 24.2 Å². The Morgan fingerprint density at radius 1 is 1.43 bits per heavy atom. The second kappa shape index (κ2) is 6.63. The SMILES string of the molecule is CC(=O)c1cc(CC(=O)N[C@H](C)c2ncccc2C)cs1. The molecule has 0 fully saturated rings. The van der Waals surface area contributed by atoms with Crippen LogP contribution in [0.4, 0.5) is 0 Å². The number of nitrogens with zero attached hydrogens (tertiary/aromatic N) is 1. The van der Waals surface area contributed by atoms with Crippen molar-refractivity contribution in [3.63, 3.8) is 0 Å². The number of aromatic nitrogens is 1. The molecule has 4 nitrogen and oxygen atoms in total. The van der Waals surface area contributed by atoms with Crippen molar-refractivity contribution in [1.82, 2.24) is 10.3 Å². The lowest BCUT2D eigenvalue weighted by Gasteiger charge is -2.15. The Bertz CT molecular complexity index is 664. The first kappa shape index (κ1) is 15.4. The molecule has 2 rings (SSSR count). The lowest BCUT2D eigenvalue weighted by molar-refractivity contribution is -0.121. The molecule has 0 aromatic carbocycles. The van der Waals surface area contributed by atoms with Gasteiger partial charge in [0.25, 0.3) is 0 Å². The topological polar surface area (TPSA) is 59.1 Å². The molecule has 21 heavy (non-hydrogen) atoms. The number of carbonyl (C=O) groups excluding carboxylic acids is 2. The van der Waals surface area contributed by atoms with E-state index in [1.807, 2.05) is 31.4 Å². The molecule has 5 heteroatoms. The van der Waals surface area contributed by atoms with Gasteiger partial charge in [0.15, 0.2) is 5.78 Å². The van der Waals surface area contributed by atoms with Crippen LogP contribution in [0, 0.1) is 6.92 Å². The van der Waals surface area contributed by atoms with Gasteiger partial charge < -0.3 is 5.32 Å². The van der Waals surface area contributed by atoms with Gasteiger partial charge in [0, 0.05) is 6.20 Å². The molecule has 1 atom stereocenters. The maximum Gasteiger partial charge on any atom is 0.224 e. The van der Waals surface area contributed by atoms with E-state index in [0.717, 1.165) is 16.8 Å². The van der Waals surface area contributed by atoms with Crippen molar-refractivity contribution >= 4 is 23.0 Å². The molecule has 0 aliphatic rings. The van der Waals surface area contributed by atoms with Crippen LogP contribution in [0.15, 0.2) is 29.8 Å². The molecule has 2 aromatic heterocycles. The van der Waals surface area contributed by atoms with Crippen molar-refractivity contribution in [2.75, 3.05) is 0 Å². The third kappa shape index (κ3) is 3.98. The number of thiophene rings is 1. The Balaban J connectivity index is 1.98. The molecule has 0 saturated heterocycles. The highest BCUT2D eigenvalue weighted by Crippen LogP contribution is 2.17. The zero-order chi connectivity index (χ0) is 15.4. The summed E-state index contributed by atoms with van der Waals surface area (Å²) in [5.74, 6) is -0.0374. The molecule has 0 spiro atoms. The monoisotopic (exact) mass is 302 g/mol. The van der Waals surface area contributed by atoms with Crippen molar-refractivity contribution in [2.45, 2.75) is 33.2 Å². The van der Waals surface area contributed by atoms with Crippen LogP contribution in [-0.4, -0.2) is 16.7 Å². The number of amides is 1. The fourth-order valence-electron chi connectivity index (χ4n) is 2.15. The average Bonchev–Trinajstić information content (AvgIpc) is 2.87. The number of rotatable bonds is 5. The molecule has 0 aliphatic carbocycles. The van der Waals surface area contributed by atoms with Gasteiger partial charge in [0.1, 0.15) is 0 Å². The number of aryl methyl sites for hydroxylation is 1. The third-order valence-electron chi connectivity index (χ3n) is 3.20. The molecule has 0 aliphatic heterocycles. The zero-order valence-electron chi connectivity index (χ0n) is 12.3. The van der Waals surface area contributed by atoms with E-state index in [1.54, 1.807) is 12.3 Å². The summed E-state index contributed by atoms with van der Waals surface area (Å²) in [6, 6.07) is 5.50. The number of hydrogen-bond acceptors (Lipinski definition) is 4. The Morgan fingerprint density at radius 2 is 2.19 bits per heavy atom. The van der Waals surface area contributed by atoms with Gasteiger partial charge in [-0.2, -0.15) is 0 Å². The van der Waals surface area contributed by atoms with Crippen LogP contribution in [-0.2, 0) is 11.2 Å². The highest BCUT2D eigenvalue weighted by molar-refractivity contribution is 7.12. The van der Waals surface area contributed by atoms with Crippen LogP contribution in [0.5, 0.6) is 0 Å². The van der Waals surface area contributed by atoms with Crippen LogP contribution in [0.25, 0.3) is 0 Å². The van der Waals surface area contributed by atoms with E-state index >= 15 is 0 Å². The molecule has 2 aromatic rings. The summed E-state index contributed by atoms with van der Waals surface area (Å²) in [7, 11) is 0. The average molecular weight is 302 g/mol. The second-order valence-electron chi connectivity index (χ2n) is 5.05. The first-order chi connectivity index (χ1) is 9.97. The lowest BCUT2D eigenvalue weighted by Crippen LogP contribution is -2.29. The summed E-state index contributed by atoms with van der Waals surface area (Å²) < 4.78 is 0. The molecular formula is C16H18N2O2S. The van der Waals surface area contributed by atoms with Gasteiger partial charge in [-0.1, -0.05) is 6.07 Å². The van der Waals surface area contributed by atoms with Crippen molar-refractivity contribution in [3.8, 4) is 0 Å². The van der Waals surface area contributed by atoms with E-state index in [2.05, 4.69) is 10.3 Å². The summed E-state index contributed by atoms with van der Waals surface area (Å²) in [6.07, 6.45) is 2.00. The number of ketones is 1. The summed E-state index contributed by atoms with van der Waals surface area (Å²) in [4.78, 5) is 28.3. The second-order valence-corrected chi connectivity index (χ2v) is 5.96. The lowest BCUT2D eigenvalue weighted by atomic mass is 10.1. The summed E-state index contributed by atoms with van der Waals surface area (Å²) in [6.45, 7) is 5.42. The molecule has 1 N–H and O–H groups in total. The molecular weight excluding hydrogens is 284 g/mol. The Kier molecular flexibility index (Phi) is 4.85. The zero-order valence-corrected chi connectivity index (χ0v) is 13.2. The standard InChI is InChI=1S/C16H18N2O2S/c1-10-5-4-6-17-16(10)11(2)18-15(20)8-13-7-14(12(3)19)21-9-13/h4-7,9,11H,8H2,1-3H3,(H,18,20)/t11-/m1/s1. The van der Waals surface area contributed by atoms with Gasteiger partial charge in [-0.25, -0.2) is 0 Å². The Morgan fingerprint density at radius 3 is 2.81 bits per heavy atom. The van der Waals surface area contributed by atoms with Crippen molar-refractivity contribution in [2.24, 2.45) is 0 Å². The van der Waals surface area contributed by atoms with Crippen LogP contribution < -0.4 is 5.32 Å². The highest BCUT2D eigenvalue weighted by atomic mass is 32.1. The van der Waals surface area contributed by atoms with Gasteiger partial charge in [0.2, 0.25) is 5.91 Å². The number of hydrogen-bond donors (Lipinski definition) is 1. The van der Waals surface area contributed by atoms with Crippen LogP contribution in [0.1, 0.15) is 46.4 Å². The Hall–Kier alpha value is -2.01. The normalized spacial score (nSPS) is 12.0. The quantitative estimate of drug-likeness (QED) is 0.864. The number of carbonyl (C=O) groups is 2. The number of pyridine rings is 1. The predicted molar refractivity (Wildman–Crippen MR) is 83.6 cm³/mol. The molecule has 0 bridgehead atoms. The summed E-state index contributed by atoms with van der Waals surface area (Å²) >= 11 is 1.38. The largest absolute Gasteiger partial charge is 0.348 e. The Labute approximate surface area is 128 Å². The van der Waals surface area contributed by atoms with Gasteiger partial charge in [0.05, 0.1) is 23.0 Å². The van der Waals surface area contributed by atoms with E-state index in [0.29, 0.717) is 4.88 Å². The summed E-state index contributed by atoms with van der Waals surface area (Å²) in [5.41, 5.74) is 2.80. The first-order valence-electron chi connectivity index (χ1n) is 6.76. The van der Waals surface area contributed by atoms with Gasteiger partial charge >= 0.3 is 0 Å². The molecule has 2 heterocycles. The van der Waals surface area contributed by atoms with Gasteiger partial charge in [-0.05, 0) is 49.4 Å². The van der Waals surface area contributed by atoms with Crippen molar-refractivity contribution in [3.05, 3.63) is 51.5 Å². The third-order valence-corrected chi connectivity index (χ3v) is 4.28. The maximum absolute atomic E-state index is 12.1. The molecule has 0 radical (unpaired) electrons. The van der Waals surface area contributed by atoms with Crippen LogP contribution >= 0.6 is 11.3 Å². The van der Waals surface area contributed by atoms with Gasteiger partial charge in [-0.3, -0.25) is 14.6 Å². The summed E-state index contributed by atoms with van der Waals surface area (Å²) in [5, 5.41) is 4.80. The molecule has 110 valence electrons. The fraction of sp³-hybridized carbons (Fsp3) is 0.312. The van der Waals surface area contributed by atoms with E-state index < -0.39 is 0 Å². The minimum Gasteiger partial charge on any atom is -0.348 e. The van der Waals surface area contributed by atoms with E-state index in [1.165, 1.54) is 18.3 Å². The van der Waals surface area contributed by atoms with Crippen LogP contribution in [0.2, 0.25) is 0 Å². The molecule has 0 unspecified atom stereocenters. The van der Waals surface area contributed by atoms with Crippen LogP contribution in [0.3, 0.4) is 0 Å². The molecule has 0 saturated carbocycles. The predicted octanol–water partition coefficient (Wildman–Crippen LogP) is 3.07. The smallest absolute Gasteiger partial charge is 0.224 e. The minimum absolute atomic E-state index is 0.0316.